The average Bonchev–Trinajstić information content (AvgIpc) is 3.39. The lowest BCUT2D eigenvalue weighted by atomic mass is 10.0. The fourth-order valence-electron chi connectivity index (χ4n) is 3.34. The van der Waals surface area contributed by atoms with E-state index in [4.69, 9.17) is 0 Å². The number of hydrogen-bond acceptors (Lipinski definition) is 5. The van der Waals surface area contributed by atoms with Crippen molar-refractivity contribution >= 4 is 28.1 Å². The number of fused-ring (bicyclic) bond motifs is 1. The largest absolute Gasteiger partial charge is 0.345 e. The van der Waals surface area contributed by atoms with E-state index in [0.29, 0.717) is 16.5 Å². The predicted molar refractivity (Wildman–Crippen MR) is 115 cm³/mol. The molecule has 0 radical (unpaired) electrons. The van der Waals surface area contributed by atoms with Gasteiger partial charge in [0, 0.05) is 17.6 Å². The second kappa shape index (κ2) is 8.02. The third-order valence-corrected chi connectivity index (χ3v) is 5.95. The minimum Gasteiger partial charge on any atom is -0.345 e. The zero-order valence-electron chi connectivity index (χ0n) is 16.1. The Morgan fingerprint density at radius 1 is 1.31 bits per heavy atom. The van der Waals surface area contributed by atoms with Crippen LogP contribution in [0.4, 0.5) is 0 Å². The van der Waals surface area contributed by atoms with Crippen LogP contribution < -0.4 is 16.2 Å². The normalized spacial score (nSPS) is 12.2. The molecule has 4 aromatic rings. The van der Waals surface area contributed by atoms with Crippen molar-refractivity contribution in [3.05, 3.63) is 74.5 Å². The third kappa shape index (κ3) is 3.72. The molecule has 0 saturated carbocycles. The summed E-state index contributed by atoms with van der Waals surface area (Å²) >= 11 is 1.61. The second-order valence-electron chi connectivity index (χ2n) is 6.81. The molecule has 1 amide bonds. The van der Waals surface area contributed by atoms with Crippen molar-refractivity contribution < 1.29 is 4.79 Å². The van der Waals surface area contributed by atoms with Crippen LogP contribution in [0.3, 0.4) is 0 Å². The number of carbonyl (C=O) groups excluding carboxylic acids is 1. The van der Waals surface area contributed by atoms with E-state index in [2.05, 4.69) is 49.4 Å². The van der Waals surface area contributed by atoms with Gasteiger partial charge in [-0.15, -0.1) is 11.3 Å². The van der Waals surface area contributed by atoms with Gasteiger partial charge in [0.05, 0.1) is 28.7 Å². The number of carbonyl (C=O) groups is 1. The molecular formula is C21H21N5O2S. The highest BCUT2D eigenvalue weighted by molar-refractivity contribution is 7.10. The van der Waals surface area contributed by atoms with Crippen molar-refractivity contribution in [1.29, 1.82) is 0 Å². The first-order chi connectivity index (χ1) is 14.1. The Hall–Kier alpha value is -3.23. The summed E-state index contributed by atoms with van der Waals surface area (Å²) in [5.41, 5.74) is 4.07. The van der Waals surface area contributed by atoms with Crippen molar-refractivity contribution in [2.24, 2.45) is 0 Å². The van der Waals surface area contributed by atoms with Crippen LogP contribution in [0.1, 0.15) is 33.8 Å². The van der Waals surface area contributed by atoms with Crippen LogP contribution in [0.25, 0.3) is 22.0 Å². The lowest BCUT2D eigenvalue weighted by Gasteiger charge is -2.12. The van der Waals surface area contributed by atoms with E-state index >= 15 is 0 Å². The van der Waals surface area contributed by atoms with Crippen LogP contribution in [-0.4, -0.2) is 28.1 Å². The first kappa shape index (κ1) is 19.1. The number of pyridine rings is 1. The van der Waals surface area contributed by atoms with E-state index in [1.807, 2.05) is 26.1 Å². The minimum absolute atomic E-state index is 0.178. The number of benzene rings is 1. The summed E-state index contributed by atoms with van der Waals surface area (Å²) in [5.74, 6) is -0.270. The minimum atomic E-state index is -0.276. The van der Waals surface area contributed by atoms with E-state index in [1.165, 1.54) is 23.5 Å². The molecule has 3 aromatic heterocycles. The van der Waals surface area contributed by atoms with Gasteiger partial charge >= 0.3 is 0 Å². The molecule has 0 saturated heterocycles. The molecule has 3 heterocycles. The van der Waals surface area contributed by atoms with E-state index in [1.54, 1.807) is 11.3 Å². The Labute approximate surface area is 171 Å². The van der Waals surface area contributed by atoms with Gasteiger partial charge in [-0.1, -0.05) is 24.3 Å². The predicted octanol–water partition coefficient (Wildman–Crippen LogP) is 3.19. The molecule has 7 nitrogen and oxygen atoms in total. The highest BCUT2D eigenvalue weighted by Crippen LogP contribution is 2.31. The Balaban J connectivity index is 1.56. The molecule has 4 N–H and O–H groups in total. The maximum Gasteiger partial charge on any atom is 0.259 e. The molecule has 0 unspecified atom stereocenters. The summed E-state index contributed by atoms with van der Waals surface area (Å²) in [4.78, 5) is 28.2. The van der Waals surface area contributed by atoms with E-state index in [9.17, 15) is 9.59 Å². The van der Waals surface area contributed by atoms with Gasteiger partial charge in [0.15, 0.2) is 0 Å². The molecule has 0 aliphatic rings. The van der Waals surface area contributed by atoms with Gasteiger partial charge in [0.1, 0.15) is 0 Å². The number of hydrogen-bond donors (Lipinski definition) is 4. The Bertz CT molecular complexity index is 1220. The quantitative estimate of drug-likeness (QED) is 0.394. The van der Waals surface area contributed by atoms with E-state index in [0.717, 1.165) is 17.0 Å². The number of nitrogens with one attached hydrogen (secondary N) is 4. The second-order valence-corrected chi connectivity index (χ2v) is 7.75. The molecule has 0 spiro atoms. The number of aromatic amines is 2. The van der Waals surface area contributed by atoms with Gasteiger partial charge < -0.3 is 15.6 Å². The molecular weight excluding hydrogens is 386 g/mol. The Kier molecular flexibility index (Phi) is 5.28. The number of H-pyrrole nitrogens is 2. The van der Waals surface area contributed by atoms with Gasteiger partial charge in [-0.2, -0.15) is 5.10 Å². The summed E-state index contributed by atoms with van der Waals surface area (Å²) < 4.78 is 0. The molecule has 1 aromatic carbocycles. The zero-order valence-corrected chi connectivity index (χ0v) is 16.9. The number of nitrogens with zero attached hydrogens (tertiary/aromatic N) is 1. The molecule has 0 bridgehead atoms. The highest BCUT2D eigenvalue weighted by atomic mass is 32.1. The number of rotatable bonds is 6. The monoisotopic (exact) mass is 407 g/mol. The maximum atomic E-state index is 12.8. The fraction of sp³-hybridized carbons (Fsp3) is 0.190. The summed E-state index contributed by atoms with van der Waals surface area (Å²) in [6, 6.07) is 10.2. The average molecular weight is 407 g/mol. The van der Waals surface area contributed by atoms with Crippen molar-refractivity contribution in [2.45, 2.75) is 19.5 Å². The molecule has 29 heavy (non-hydrogen) atoms. The third-order valence-electron chi connectivity index (χ3n) is 4.84. The first-order valence-electron chi connectivity index (χ1n) is 9.25. The van der Waals surface area contributed by atoms with Gasteiger partial charge in [-0.3, -0.25) is 14.7 Å². The SMILES string of the molecule is CNCc1ccccc1-c1csc([C@@H](C)NC(=O)c2c[nH]c(=O)c3cn[nH]c23)c1. The first-order valence-corrected chi connectivity index (χ1v) is 10.1. The summed E-state index contributed by atoms with van der Waals surface area (Å²) in [6.45, 7) is 2.74. The van der Waals surface area contributed by atoms with Gasteiger partial charge in [-0.05, 0) is 42.1 Å². The Morgan fingerprint density at radius 3 is 2.97 bits per heavy atom. The van der Waals surface area contributed by atoms with Gasteiger partial charge in [0.25, 0.3) is 11.5 Å². The molecule has 8 heteroatoms. The van der Waals surface area contributed by atoms with Crippen molar-refractivity contribution in [2.75, 3.05) is 7.05 Å². The maximum absolute atomic E-state index is 12.8. The van der Waals surface area contributed by atoms with Crippen LogP contribution in [-0.2, 0) is 6.54 Å². The zero-order chi connectivity index (χ0) is 20.4. The number of thiophene rings is 1. The van der Waals surface area contributed by atoms with Crippen LogP contribution in [0.5, 0.6) is 0 Å². The summed E-state index contributed by atoms with van der Waals surface area (Å²) in [7, 11) is 1.93. The van der Waals surface area contributed by atoms with Gasteiger partial charge in [-0.25, -0.2) is 0 Å². The molecule has 0 aliphatic heterocycles. The Morgan fingerprint density at radius 2 is 2.14 bits per heavy atom. The van der Waals surface area contributed by atoms with E-state index in [-0.39, 0.29) is 17.5 Å². The lowest BCUT2D eigenvalue weighted by Crippen LogP contribution is -2.27. The molecule has 148 valence electrons. The van der Waals surface area contributed by atoms with Crippen molar-refractivity contribution in [3.8, 4) is 11.1 Å². The van der Waals surface area contributed by atoms with Gasteiger partial charge in [0.2, 0.25) is 0 Å². The smallest absolute Gasteiger partial charge is 0.259 e. The number of amides is 1. The summed E-state index contributed by atoms with van der Waals surface area (Å²) in [6.07, 6.45) is 2.83. The van der Waals surface area contributed by atoms with Crippen LogP contribution in [0, 0.1) is 0 Å². The summed E-state index contributed by atoms with van der Waals surface area (Å²) in [5, 5.41) is 15.3. The molecule has 0 aliphatic carbocycles. The lowest BCUT2D eigenvalue weighted by molar-refractivity contribution is 0.0941. The molecule has 4 rings (SSSR count). The van der Waals surface area contributed by atoms with Crippen molar-refractivity contribution in [1.82, 2.24) is 25.8 Å². The topological polar surface area (TPSA) is 103 Å². The number of aromatic nitrogens is 3. The van der Waals surface area contributed by atoms with Crippen molar-refractivity contribution in [3.63, 3.8) is 0 Å². The molecule has 1 atom stereocenters. The highest BCUT2D eigenvalue weighted by Gasteiger charge is 2.18. The molecule has 0 fully saturated rings. The fourth-order valence-corrected chi connectivity index (χ4v) is 4.26. The van der Waals surface area contributed by atoms with E-state index < -0.39 is 0 Å². The van der Waals surface area contributed by atoms with Crippen LogP contribution in [0.15, 0.2) is 52.9 Å². The standard InChI is InChI=1S/C21H21N5O2S/c1-12(25-21(28)16-9-23-20(27)17-10-24-26-19(16)17)18-7-14(11-29-18)15-6-4-3-5-13(15)8-22-2/h3-7,9-12,22H,8H2,1-2H3,(H,23,27)(H,24,26)(H,25,28)/t12-/m1/s1. The van der Waals surface area contributed by atoms with Crippen LogP contribution >= 0.6 is 11.3 Å². The van der Waals surface area contributed by atoms with Crippen LogP contribution in [0.2, 0.25) is 0 Å².